The smallest absolute Gasteiger partial charge is 0.241 e. The maximum atomic E-state index is 12.4. The second-order valence-corrected chi connectivity index (χ2v) is 5.81. The normalized spacial score (nSPS) is 24.6. The molecule has 1 aliphatic heterocycles. The summed E-state index contributed by atoms with van der Waals surface area (Å²) in [5.74, 6) is 1.06. The number of ether oxygens (including phenoxy) is 1. The lowest BCUT2D eigenvalue weighted by Crippen LogP contribution is -2.42. The summed E-state index contributed by atoms with van der Waals surface area (Å²) in [5, 5.41) is 3.48. The number of hydrogen-bond donors (Lipinski definition) is 1. The maximum absolute atomic E-state index is 12.4. The molecule has 0 aromatic rings. The van der Waals surface area contributed by atoms with Gasteiger partial charge in [-0.15, -0.1) is 0 Å². The van der Waals surface area contributed by atoms with E-state index in [-0.39, 0.29) is 18.1 Å². The van der Waals surface area contributed by atoms with Crippen LogP contribution < -0.4 is 5.32 Å². The van der Waals surface area contributed by atoms with Crippen molar-refractivity contribution in [2.45, 2.75) is 52.7 Å². The van der Waals surface area contributed by atoms with Crippen molar-refractivity contribution < 1.29 is 9.53 Å². The van der Waals surface area contributed by atoms with Crippen molar-refractivity contribution in [3.05, 3.63) is 0 Å². The van der Waals surface area contributed by atoms with Crippen LogP contribution in [0.25, 0.3) is 0 Å². The monoisotopic (exact) mass is 256 g/mol. The first-order valence-corrected chi connectivity index (χ1v) is 7.04. The minimum atomic E-state index is -0.0141. The third-order valence-electron chi connectivity index (χ3n) is 3.53. The van der Waals surface area contributed by atoms with Gasteiger partial charge in [0.15, 0.2) is 0 Å². The largest absolute Gasteiger partial charge is 0.385 e. The van der Waals surface area contributed by atoms with Crippen molar-refractivity contribution in [1.82, 2.24) is 10.2 Å². The van der Waals surface area contributed by atoms with Gasteiger partial charge in [-0.2, -0.15) is 0 Å². The number of carbonyl (C=O) groups excluding carboxylic acids is 1. The van der Waals surface area contributed by atoms with E-state index in [1.165, 1.54) is 0 Å². The molecule has 1 N–H and O–H groups in total. The molecule has 0 saturated carbocycles. The van der Waals surface area contributed by atoms with Gasteiger partial charge < -0.3 is 9.64 Å². The number of rotatable bonds is 7. The molecule has 1 rings (SSSR count). The highest BCUT2D eigenvalue weighted by Gasteiger charge is 2.40. The Morgan fingerprint density at radius 2 is 1.89 bits per heavy atom. The summed E-state index contributed by atoms with van der Waals surface area (Å²) in [7, 11) is 1.72. The Bertz CT molecular complexity index is 267. The van der Waals surface area contributed by atoms with Gasteiger partial charge in [-0.3, -0.25) is 10.1 Å². The van der Waals surface area contributed by atoms with Gasteiger partial charge in [0, 0.05) is 20.3 Å². The van der Waals surface area contributed by atoms with Crippen molar-refractivity contribution in [3.63, 3.8) is 0 Å². The van der Waals surface area contributed by atoms with E-state index in [2.05, 4.69) is 33.0 Å². The molecule has 0 spiro atoms. The molecule has 1 fully saturated rings. The Morgan fingerprint density at radius 1 is 1.22 bits per heavy atom. The SMILES string of the molecule is COCCCCN1C(=O)C(C(C)C)NC1C(C)C. The first-order chi connectivity index (χ1) is 8.49. The quantitative estimate of drug-likeness (QED) is 0.707. The van der Waals surface area contributed by atoms with Crippen LogP contribution >= 0.6 is 0 Å². The van der Waals surface area contributed by atoms with E-state index in [1.54, 1.807) is 7.11 Å². The minimum absolute atomic E-state index is 0.0141. The minimum Gasteiger partial charge on any atom is -0.385 e. The number of amides is 1. The standard InChI is InChI=1S/C14H28N2O2/c1-10(2)12-14(17)16(8-6-7-9-18-5)13(15-12)11(3)4/h10-13,15H,6-9H2,1-5H3. The summed E-state index contributed by atoms with van der Waals surface area (Å²) < 4.78 is 5.05. The van der Waals surface area contributed by atoms with E-state index in [9.17, 15) is 4.79 Å². The van der Waals surface area contributed by atoms with Crippen molar-refractivity contribution in [2.75, 3.05) is 20.3 Å². The second-order valence-electron chi connectivity index (χ2n) is 5.81. The van der Waals surface area contributed by atoms with Crippen LogP contribution in [-0.2, 0) is 9.53 Å². The molecule has 2 unspecified atom stereocenters. The van der Waals surface area contributed by atoms with Gasteiger partial charge in [-0.1, -0.05) is 27.7 Å². The molecule has 1 amide bonds. The topological polar surface area (TPSA) is 41.6 Å². The van der Waals surface area contributed by atoms with Gasteiger partial charge in [0.05, 0.1) is 12.2 Å². The number of nitrogens with one attached hydrogen (secondary N) is 1. The molecule has 2 atom stereocenters. The molecule has 4 nitrogen and oxygen atoms in total. The second kappa shape index (κ2) is 7.10. The Hall–Kier alpha value is -0.610. The Labute approximate surface area is 111 Å². The average molecular weight is 256 g/mol. The molecule has 1 aliphatic rings. The van der Waals surface area contributed by atoms with Crippen LogP contribution in [0.2, 0.25) is 0 Å². The Morgan fingerprint density at radius 3 is 2.39 bits per heavy atom. The van der Waals surface area contributed by atoms with Crippen LogP contribution in [0.15, 0.2) is 0 Å². The van der Waals surface area contributed by atoms with Crippen LogP contribution in [0.5, 0.6) is 0 Å². The van der Waals surface area contributed by atoms with E-state index in [1.807, 2.05) is 4.90 Å². The summed E-state index contributed by atoms with van der Waals surface area (Å²) in [6, 6.07) is -0.0141. The van der Waals surface area contributed by atoms with Crippen molar-refractivity contribution in [2.24, 2.45) is 11.8 Å². The molecular formula is C14H28N2O2. The van der Waals surface area contributed by atoms with Gasteiger partial charge in [-0.25, -0.2) is 0 Å². The third kappa shape index (κ3) is 3.69. The molecule has 106 valence electrons. The first kappa shape index (κ1) is 15.4. The van der Waals surface area contributed by atoms with Gasteiger partial charge in [-0.05, 0) is 24.7 Å². The molecule has 0 aromatic carbocycles. The predicted octanol–water partition coefficient (Wildman–Crippen LogP) is 1.85. The number of methoxy groups -OCH3 is 1. The zero-order valence-electron chi connectivity index (χ0n) is 12.4. The summed E-state index contributed by atoms with van der Waals surface area (Å²) in [4.78, 5) is 14.4. The van der Waals surface area contributed by atoms with Crippen molar-refractivity contribution >= 4 is 5.91 Å². The number of unbranched alkanes of at least 4 members (excludes halogenated alkanes) is 1. The van der Waals surface area contributed by atoms with Gasteiger partial charge in [0.1, 0.15) is 0 Å². The lowest BCUT2D eigenvalue weighted by molar-refractivity contribution is -0.131. The van der Waals surface area contributed by atoms with Crippen LogP contribution in [0.4, 0.5) is 0 Å². The van der Waals surface area contributed by atoms with Crippen LogP contribution in [0.3, 0.4) is 0 Å². The number of carbonyl (C=O) groups is 1. The van der Waals surface area contributed by atoms with Crippen LogP contribution in [-0.4, -0.2) is 43.3 Å². The summed E-state index contributed by atoms with van der Waals surface area (Å²) in [6.45, 7) is 10.1. The highest BCUT2D eigenvalue weighted by molar-refractivity contribution is 5.84. The summed E-state index contributed by atoms with van der Waals surface area (Å²) in [5.41, 5.74) is 0. The van der Waals surface area contributed by atoms with Crippen LogP contribution in [0, 0.1) is 11.8 Å². The fourth-order valence-corrected chi connectivity index (χ4v) is 2.47. The lowest BCUT2D eigenvalue weighted by atomic mass is 10.0. The Kier molecular flexibility index (Phi) is 6.09. The van der Waals surface area contributed by atoms with Gasteiger partial charge in [0.25, 0.3) is 0 Å². The zero-order valence-corrected chi connectivity index (χ0v) is 12.4. The molecule has 1 saturated heterocycles. The summed E-state index contributed by atoms with van der Waals surface area (Å²) in [6.07, 6.45) is 2.21. The first-order valence-electron chi connectivity index (χ1n) is 7.04. The fraction of sp³-hybridized carbons (Fsp3) is 0.929. The summed E-state index contributed by atoms with van der Waals surface area (Å²) >= 11 is 0. The van der Waals surface area contributed by atoms with Gasteiger partial charge >= 0.3 is 0 Å². The molecule has 4 heteroatoms. The van der Waals surface area contributed by atoms with Crippen molar-refractivity contribution in [1.29, 1.82) is 0 Å². The van der Waals surface area contributed by atoms with E-state index in [0.717, 1.165) is 26.0 Å². The molecule has 0 bridgehead atoms. The van der Waals surface area contributed by atoms with Gasteiger partial charge in [0.2, 0.25) is 5.91 Å². The molecular weight excluding hydrogens is 228 g/mol. The highest BCUT2D eigenvalue weighted by Crippen LogP contribution is 2.22. The zero-order chi connectivity index (χ0) is 13.7. The number of hydrogen-bond acceptors (Lipinski definition) is 3. The van der Waals surface area contributed by atoms with Crippen molar-refractivity contribution in [3.8, 4) is 0 Å². The van der Waals surface area contributed by atoms with E-state index in [0.29, 0.717) is 11.8 Å². The molecule has 18 heavy (non-hydrogen) atoms. The van der Waals surface area contributed by atoms with E-state index >= 15 is 0 Å². The molecule has 0 aliphatic carbocycles. The average Bonchev–Trinajstić information content (AvgIpc) is 2.62. The molecule has 1 heterocycles. The Balaban J connectivity index is 2.58. The lowest BCUT2D eigenvalue weighted by Gasteiger charge is -2.27. The molecule has 0 radical (unpaired) electrons. The third-order valence-corrected chi connectivity index (χ3v) is 3.53. The highest BCUT2D eigenvalue weighted by atomic mass is 16.5. The van der Waals surface area contributed by atoms with Crippen LogP contribution in [0.1, 0.15) is 40.5 Å². The fourth-order valence-electron chi connectivity index (χ4n) is 2.47. The number of nitrogens with zero attached hydrogens (tertiary/aromatic N) is 1. The molecule has 0 aromatic heterocycles. The predicted molar refractivity (Wildman–Crippen MR) is 73.2 cm³/mol. The maximum Gasteiger partial charge on any atom is 0.241 e. The van der Waals surface area contributed by atoms with E-state index in [4.69, 9.17) is 4.74 Å². The van der Waals surface area contributed by atoms with E-state index < -0.39 is 0 Å².